The van der Waals surface area contributed by atoms with Crippen LogP contribution in [-0.4, -0.2) is 46.2 Å². The fraction of sp³-hybridized carbons (Fsp3) is 0.500. The maximum absolute atomic E-state index is 11.4. The van der Waals surface area contributed by atoms with Gasteiger partial charge in [0.15, 0.2) is 0 Å². The molecule has 1 aromatic rings. The Kier molecular flexibility index (Phi) is 4.24. The quantitative estimate of drug-likeness (QED) is 0.673. The van der Waals surface area contributed by atoms with Gasteiger partial charge in [0, 0.05) is 24.7 Å². The number of nitro benzene ring substituents is 1. The van der Waals surface area contributed by atoms with Gasteiger partial charge in [-0.1, -0.05) is 12.1 Å². The number of hydrogen-bond acceptors (Lipinski definition) is 5. The van der Waals surface area contributed by atoms with Crippen LogP contribution in [0.5, 0.6) is 0 Å². The SMILES string of the molecule is CC1(C)COCCN1Cc1cccc([N+](=O)[O-])c1C(=O)O. The summed E-state index contributed by atoms with van der Waals surface area (Å²) in [5, 5.41) is 20.3. The lowest BCUT2D eigenvalue weighted by Gasteiger charge is -2.42. The van der Waals surface area contributed by atoms with Gasteiger partial charge in [-0.05, 0) is 19.4 Å². The summed E-state index contributed by atoms with van der Waals surface area (Å²) in [6.45, 7) is 6.13. The number of carbonyl (C=O) groups is 1. The third-order valence-corrected chi connectivity index (χ3v) is 3.72. The van der Waals surface area contributed by atoms with Gasteiger partial charge in [-0.3, -0.25) is 15.0 Å². The lowest BCUT2D eigenvalue weighted by Crippen LogP contribution is -2.52. The fourth-order valence-electron chi connectivity index (χ4n) is 2.51. The minimum absolute atomic E-state index is 0.232. The number of morpholine rings is 1. The predicted molar refractivity (Wildman–Crippen MR) is 75.4 cm³/mol. The molecular weight excluding hydrogens is 276 g/mol. The molecule has 2 rings (SSSR count). The van der Waals surface area contributed by atoms with Crippen molar-refractivity contribution in [3.05, 3.63) is 39.4 Å². The smallest absolute Gasteiger partial charge is 0.343 e. The second-order valence-corrected chi connectivity index (χ2v) is 5.66. The summed E-state index contributed by atoms with van der Waals surface area (Å²) in [5.41, 5.74) is -0.388. The molecule has 1 aliphatic heterocycles. The second kappa shape index (κ2) is 5.79. The molecule has 0 amide bonds. The molecule has 0 bridgehead atoms. The van der Waals surface area contributed by atoms with Gasteiger partial charge in [-0.15, -0.1) is 0 Å². The number of nitro groups is 1. The van der Waals surface area contributed by atoms with E-state index in [2.05, 4.69) is 4.90 Å². The molecule has 0 unspecified atom stereocenters. The summed E-state index contributed by atoms with van der Waals surface area (Å²) in [6, 6.07) is 4.37. The van der Waals surface area contributed by atoms with E-state index in [1.54, 1.807) is 6.07 Å². The van der Waals surface area contributed by atoms with Gasteiger partial charge >= 0.3 is 5.97 Å². The van der Waals surface area contributed by atoms with Crippen molar-refractivity contribution in [2.75, 3.05) is 19.8 Å². The first-order valence-electron chi connectivity index (χ1n) is 6.65. The highest BCUT2D eigenvalue weighted by Crippen LogP contribution is 2.27. The van der Waals surface area contributed by atoms with E-state index >= 15 is 0 Å². The molecule has 0 saturated carbocycles. The maximum Gasteiger partial charge on any atom is 0.343 e. The lowest BCUT2D eigenvalue weighted by molar-refractivity contribution is -0.385. The van der Waals surface area contributed by atoms with E-state index in [-0.39, 0.29) is 16.8 Å². The average Bonchev–Trinajstić information content (AvgIpc) is 2.40. The molecule has 1 heterocycles. The lowest BCUT2D eigenvalue weighted by atomic mass is 9.99. The maximum atomic E-state index is 11.4. The number of aromatic carboxylic acids is 1. The molecule has 1 fully saturated rings. The zero-order valence-electron chi connectivity index (χ0n) is 12.0. The van der Waals surface area contributed by atoms with E-state index in [0.717, 1.165) is 0 Å². The van der Waals surface area contributed by atoms with Gasteiger partial charge in [-0.25, -0.2) is 4.79 Å². The van der Waals surface area contributed by atoms with Crippen LogP contribution in [0.1, 0.15) is 29.8 Å². The molecule has 7 nitrogen and oxygen atoms in total. The van der Waals surface area contributed by atoms with Crippen molar-refractivity contribution >= 4 is 11.7 Å². The monoisotopic (exact) mass is 294 g/mol. The van der Waals surface area contributed by atoms with Crippen LogP contribution in [0, 0.1) is 10.1 Å². The first-order valence-corrected chi connectivity index (χ1v) is 6.65. The molecule has 1 N–H and O–H groups in total. The van der Waals surface area contributed by atoms with Crippen LogP contribution < -0.4 is 0 Å². The first kappa shape index (κ1) is 15.4. The minimum atomic E-state index is -1.27. The Morgan fingerprint density at radius 1 is 1.52 bits per heavy atom. The summed E-state index contributed by atoms with van der Waals surface area (Å²) in [6.07, 6.45) is 0. The van der Waals surface area contributed by atoms with E-state index in [4.69, 9.17) is 4.74 Å². The molecule has 0 radical (unpaired) electrons. The molecule has 0 aromatic heterocycles. The molecular formula is C14H18N2O5. The molecule has 7 heteroatoms. The van der Waals surface area contributed by atoms with Crippen LogP contribution in [0.4, 0.5) is 5.69 Å². The summed E-state index contributed by atoms with van der Waals surface area (Å²) >= 11 is 0. The average molecular weight is 294 g/mol. The second-order valence-electron chi connectivity index (χ2n) is 5.66. The molecule has 0 spiro atoms. The number of carboxylic acids is 1. The summed E-state index contributed by atoms with van der Waals surface area (Å²) in [7, 11) is 0. The first-order chi connectivity index (χ1) is 9.83. The van der Waals surface area contributed by atoms with Crippen LogP contribution in [0.25, 0.3) is 0 Å². The van der Waals surface area contributed by atoms with Crippen LogP contribution in [0.3, 0.4) is 0 Å². The van der Waals surface area contributed by atoms with E-state index < -0.39 is 10.9 Å². The zero-order chi connectivity index (χ0) is 15.6. The zero-order valence-corrected chi connectivity index (χ0v) is 12.0. The van der Waals surface area contributed by atoms with Crippen molar-refractivity contribution in [3.63, 3.8) is 0 Å². The Bertz CT molecular complexity index is 570. The van der Waals surface area contributed by atoms with Gasteiger partial charge in [0.2, 0.25) is 0 Å². The van der Waals surface area contributed by atoms with Gasteiger partial charge in [0.05, 0.1) is 18.1 Å². The van der Waals surface area contributed by atoms with Crippen LogP contribution in [-0.2, 0) is 11.3 Å². The summed E-state index contributed by atoms with van der Waals surface area (Å²) in [4.78, 5) is 23.8. The molecule has 0 aliphatic carbocycles. The highest BCUT2D eigenvalue weighted by atomic mass is 16.6. The van der Waals surface area contributed by atoms with Crippen LogP contribution in [0.2, 0.25) is 0 Å². The molecule has 114 valence electrons. The molecule has 1 aliphatic rings. The largest absolute Gasteiger partial charge is 0.477 e. The normalized spacial score (nSPS) is 18.4. The van der Waals surface area contributed by atoms with Crippen molar-refractivity contribution in [3.8, 4) is 0 Å². The van der Waals surface area contributed by atoms with Crippen LogP contribution in [0.15, 0.2) is 18.2 Å². The Morgan fingerprint density at radius 3 is 2.81 bits per heavy atom. The van der Waals surface area contributed by atoms with Crippen LogP contribution >= 0.6 is 0 Å². The Morgan fingerprint density at radius 2 is 2.24 bits per heavy atom. The number of rotatable bonds is 4. The Balaban J connectivity index is 2.38. The minimum Gasteiger partial charge on any atom is -0.477 e. The van der Waals surface area contributed by atoms with E-state index in [9.17, 15) is 20.0 Å². The highest BCUT2D eigenvalue weighted by Gasteiger charge is 2.32. The number of benzene rings is 1. The third kappa shape index (κ3) is 3.20. The topological polar surface area (TPSA) is 92.9 Å². The fourth-order valence-corrected chi connectivity index (χ4v) is 2.51. The van der Waals surface area contributed by atoms with Gasteiger partial charge < -0.3 is 9.84 Å². The number of nitrogens with zero attached hydrogens (tertiary/aromatic N) is 2. The van der Waals surface area contributed by atoms with Crippen molar-refractivity contribution in [1.29, 1.82) is 0 Å². The number of hydrogen-bond donors (Lipinski definition) is 1. The predicted octanol–water partition coefficient (Wildman–Crippen LogP) is 1.90. The van der Waals surface area contributed by atoms with E-state index in [0.29, 0.717) is 31.9 Å². The van der Waals surface area contributed by atoms with Crippen molar-refractivity contribution in [2.45, 2.75) is 25.9 Å². The molecule has 1 saturated heterocycles. The highest BCUT2D eigenvalue weighted by molar-refractivity contribution is 5.94. The molecule has 21 heavy (non-hydrogen) atoms. The van der Waals surface area contributed by atoms with Crippen molar-refractivity contribution in [1.82, 2.24) is 4.90 Å². The van der Waals surface area contributed by atoms with Gasteiger partial charge in [0.1, 0.15) is 5.56 Å². The van der Waals surface area contributed by atoms with Crippen molar-refractivity contribution < 1.29 is 19.6 Å². The summed E-state index contributed by atoms with van der Waals surface area (Å²) in [5.74, 6) is -1.27. The van der Waals surface area contributed by atoms with Crippen molar-refractivity contribution in [2.24, 2.45) is 0 Å². The van der Waals surface area contributed by atoms with Gasteiger partial charge in [-0.2, -0.15) is 0 Å². The number of ether oxygens (including phenoxy) is 1. The third-order valence-electron chi connectivity index (χ3n) is 3.72. The van der Waals surface area contributed by atoms with E-state index in [1.165, 1.54) is 12.1 Å². The molecule has 1 aromatic carbocycles. The number of carboxylic acid groups (broad SMARTS) is 1. The Labute approximate surface area is 122 Å². The Hall–Kier alpha value is -1.99. The standard InChI is InChI=1S/C14H18N2O5/c1-14(2)9-21-7-6-15(14)8-10-4-3-5-11(16(19)20)12(10)13(17)18/h3-5H,6-9H2,1-2H3,(H,17,18). The summed E-state index contributed by atoms with van der Waals surface area (Å²) < 4.78 is 5.43. The molecule has 0 atom stereocenters. The van der Waals surface area contributed by atoms with Gasteiger partial charge in [0.25, 0.3) is 5.69 Å². The van der Waals surface area contributed by atoms with E-state index in [1.807, 2.05) is 13.8 Å².